The molecule has 15 heavy (non-hydrogen) atoms. The normalized spacial score (nSPS) is 29.8. The fourth-order valence-electron chi connectivity index (χ4n) is 2.73. The first kappa shape index (κ1) is 11.4. The van der Waals surface area contributed by atoms with E-state index in [0.29, 0.717) is 0 Å². The van der Waals surface area contributed by atoms with Crippen LogP contribution in [0.1, 0.15) is 19.8 Å². The summed E-state index contributed by atoms with van der Waals surface area (Å²) < 4.78 is 5.37. The first-order valence-corrected chi connectivity index (χ1v) is 6.41. The summed E-state index contributed by atoms with van der Waals surface area (Å²) in [5, 5.41) is 0. The van der Waals surface area contributed by atoms with Crippen molar-refractivity contribution in [3.63, 3.8) is 0 Å². The Morgan fingerprint density at radius 3 is 2.67 bits per heavy atom. The molecule has 0 amide bonds. The van der Waals surface area contributed by atoms with Gasteiger partial charge in [-0.15, -0.1) is 0 Å². The van der Waals surface area contributed by atoms with E-state index >= 15 is 0 Å². The quantitative estimate of drug-likeness (QED) is 0.693. The molecule has 2 fully saturated rings. The fraction of sp³-hybridized carbons (Fsp3) is 1.00. The van der Waals surface area contributed by atoms with E-state index < -0.39 is 0 Å². The van der Waals surface area contributed by atoms with Crippen LogP contribution in [-0.4, -0.2) is 62.3 Å². The molecule has 2 heterocycles. The smallest absolute Gasteiger partial charge is 0.0594 e. The molecule has 1 atom stereocenters. The zero-order chi connectivity index (χ0) is 10.5. The molecular weight excluding hydrogens is 188 g/mol. The number of ether oxygens (including phenoxy) is 1. The summed E-state index contributed by atoms with van der Waals surface area (Å²) in [6.45, 7) is 11.7. The van der Waals surface area contributed by atoms with E-state index in [4.69, 9.17) is 4.74 Å². The van der Waals surface area contributed by atoms with Gasteiger partial charge in [0.25, 0.3) is 0 Å². The van der Waals surface area contributed by atoms with E-state index in [1.807, 2.05) is 0 Å². The summed E-state index contributed by atoms with van der Waals surface area (Å²) in [7, 11) is 0. The molecule has 0 aliphatic carbocycles. The minimum atomic E-state index is 0.912. The van der Waals surface area contributed by atoms with Crippen LogP contribution in [0.5, 0.6) is 0 Å². The summed E-state index contributed by atoms with van der Waals surface area (Å²) in [6.07, 6.45) is 2.70. The lowest BCUT2D eigenvalue weighted by atomic mass is 10.1. The first-order valence-electron chi connectivity index (χ1n) is 6.41. The molecule has 0 aromatic rings. The predicted molar refractivity (Wildman–Crippen MR) is 62.1 cm³/mol. The van der Waals surface area contributed by atoms with Crippen LogP contribution in [0.15, 0.2) is 0 Å². The van der Waals surface area contributed by atoms with Crippen LogP contribution in [0.3, 0.4) is 0 Å². The minimum Gasteiger partial charge on any atom is -0.379 e. The topological polar surface area (TPSA) is 15.7 Å². The van der Waals surface area contributed by atoms with Crippen LogP contribution >= 0.6 is 0 Å². The number of morpholine rings is 1. The highest BCUT2D eigenvalue weighted by molar-refractivity contribution is 4.78. The zero-order valence-electron chi connectivity index (χ0n) is 9.95. The monoisotopic (exact) mass is 212 g/mol. The van der Waals surface area contributed by atoms with Gasteiger partial charge in [-0.25, -0.2) is 0 Å². The third kappa shape index (κ3) is 3.44. The molecule has 2 aliphatic rings. The molecule has 2 saturated heterocycles. The maximum absolute atomic E-state index is 5.37. The van der Waals surface area contributed by atoms with E-state index in [0.717, 1.165) is 32.2 Å². The molecule has 0 aromatic heterocycles. The highest BCUT2D eigenvalue weighted by Crippen LogP contribution is 2.17. The van der Waals surface area contributed by atoms with Gasteiger partial charge in [-0.1, -0.05) is 6.92 Å². The fourth-order valence-corrected chi connectivity index (χ4v) is 2.73. The van der Waals surface area contributed by atoms with E-state index in [9.17, 15) is 0 Å². The van der Waals surface area contributed by atoms with Crippen molar-refractivity contribution in [3.05, 3.63) is 0 Å². The van der Waals surface area contributed by atoms with Crippen molar-refractivity contribution in [2.75, 3.05) is 52.5 Å². The molecule has 0 N–H and O–H groups in total. The van der Waals surface area contributed by atoms with Crippen molar-refractivity contribution in [1.29, 1.82) is 0 Å². The van der Waals surface area contributed by atoms with Gasteiger partial charge in [0, 0.05) is 26.2 Å². The Kier molecular flexibility index (Phi) is 4.42. The second-order valence-corrected chi connectivity index (χ2v) is 4.87. The van der Waals surface area contributed by atoms with Crippen LogP contribution < -0.4 is 0 Å². The maximum atomic E-state index is 5.37. The molecule has 0 aromatic carbocycles. The molecule has 2 aliphatic heterocycles. The molecule has 0 spiro atoms. The number of rotatable bonds is 4. The number of hydrogen-bond acceptors (Lipinski definition) is 3. The number of likely N-dealkylation sites (tertiary alicyclic amines) is 1. The number of hydrogen-bond donors (Lipinski definition) is 0. The van der Waals surface area contributed by atoms with E-state index in [1.165, 1.54) is 39.0 Å². The van der Waals surface area contributed by atoms with Crippen molar-refractivity contribution in [2.45, 2.75) is 19.8 Å². The molecule has 0 saturated carbocycles. The molecule has 1 unspecified atom stereocenters. The summed E-state index contributed by atoms with van der Waals surface area (Å²) in [5.74, 6) is 0.912. The van der Waals surface area contributed by atoms with Crippen molar-refractivity contribution < 1.29 is 4.74 Å². The molecule has 3 nitrogen and oxygen atoms in total. The van der Waals surface area contributed by atoms with Gasteiger partial charge >= 0.3 is 0 Å². The number of nitrogens with zero attached hydrogens (tertiary/aromatic N) is 2. The lowest BCUT2D eigenvalue weighted by Gasteiger charge is -2.29. The van der Waals surface area contributed by atoms with Gasteiger partial charge in [0.1, 0.15) is 0 Å². The van der Waals surface area contributed by atoms with Gasteiger partial charge in [0.15, 0.2) is 0 Å². The molecule has 0 bridgehead atoms. The van der Waals surface area contributed by atoms with E-state index in [-0.39, 0.29) is 0 Å². The first-order chi connectivity index (χ1) is 7.38. The van der Waals surface area contributed by atoms with Crippen LogP contribution in [0.25, 0.3) is 0 Å². The van der Waals surface area contributed by atoms with Gasteiger partial charge < -0.3 is 9.64 Å². The minimum absolute atomic E-state index is 0.912. The summed E-state index contributed by atoms with van der Waals surface area (Å²) in [4.78, 5) is 5.19. The lowest BCUT2D eigenvalue weighted by molar-refractivity contribution is 0.0312. The van der Waals surface area contributed by atoms with Crippen LogP contribution in [0.2, 0.25) is 0 Å². The van der Waals surface area contributed by atoms with Crippen molar-refractivity contribution in [3.8, 4) is 0 Å². The van der Waals surface area contributed by atoms with Crippen molar-refractivity contribution >= 4 is 0 Å². The molecular formula is C12H24N2O. The summed E-state index contributed by atoms with van der Waals surface area (Å²) in [6, 6.07) is 0. The van der Waals surface area contributed by atoms with Gasteiger partial charge in [-0.05, 0) is 31.8 Å². The van der Waals surface area contributed by atoms with Gasteiger partial charge in [-0.2, -0.15) is 0 Å². The second-order valence-electron chi connectivity index (χ2n) is 4.87. The molecule has 2 rings (SSSR count). The van der Waals surface area contributed by atoms with E-state index in [2.05, 4.69) is 16.7 Å². The van der Waals surface area contributed by atoms with E-state index in [1.54, 1.807) is 0 Å². The van der Waals surface area contributed by atoms with Crippen molar-refractivity contribution in [1.82, 2.24) is 9.80 Å². The average molecular weight is 212 g/mol. The standard InChI is InChI=1S/C12H24N2O/c1-2-4-13-5-3-12(10-13)11-14-6-8-15-9-7-14/h12H,2-11H2,1H3. The second kappa shape index (κ2) is 5.83. The molecule has 0 radical (unpaired) electrons. The Hall–Kier alpha value is -0.120. The summed E-state index contributed by atoms with van der Waals surface area (Å²) in [5.41, 5.74) is 0. The largest absolute Gasteiger partial charge is 0.379 e. The Balaban J connectivity index is 1.67. The third-order valence-corrected chi connectivity index (χ3v) is 3.53. The highest BCUT2D eigenvalue weighted by Gasteiger charge is 2.24. The summed E-state index contributed by atoms with van der Waals surface area (Å²) >= 11 is 0. The van der Waals surface area contributed by atoms with Gasteiger partial charge in [0.2, 0.25) is 0 Å². The zero-order valence-corrected chi connectivity index (χ0v) is 9.95. The van der Waals surface area contributed by atoms with Crippen molar-refractivity contribution in [2.24, 2.45) is 5.92 Å². The van der Waals surface area contributed by atoms with Crippen LogP contribution in [0.4, 0.5) is 0 Å². The van der Waals surface area contributed by atoms with Crippen LogP contribution in [0, 0.1) is 5.92 Å². The maximum Gasteiger partial charge on any atom is 0.0594 e. The Morgan fingerprint density at radius 1 is 1.13 bits per heavy atom. The highest BCUT2D eigenvalue weighted by atomic mass is 16.5. The Bertz CT molecular complexity index is 180. The molecule has 88 valence electrons. The third-order valence-electron chi connectivity index (χ3n) is 3.53. The Labute approximate surface area is 93.4 Å². The van der Waals surface area contributed by atoms with Gasteiger partial charge in [-0.3, -0.25) is 4.90 Å². The lowest BCUT2D eigenvalue weighted by Crippen LogP contribution is -2.39. The molecule has 3 heteroatoms. The SMILES string of the molecule is CCCN1CCC(CN2CCOCC2)C1. The predicted octanol–water partition coefficient (Wildman–Crippen LogP) is 1.05. The average Bonchev–Trinajstić information content (AvgIpc) is 2.68. The van der Waals surface area contributed by atoms with Gasteiger partial charge in [0.05, 0.1) is 13.2 Å². The van der Waals surface area contributed by atoms with Crippen LogP contribution in [-0.2, 0) is 4.74 Å². The Morgan fingerprint density at radius 2 is 1.93 bits per heavy atom.